The Morgan fingerprint density at radius 2 is 1.80 bits per heavy atom. The van der Waals surface area contributed by atoms with E-state index in [2.05, 4.69) is 26.6 Å². The van der Waals surface area contributed by atoms with Gasteiger partial charge in [-0.3, -0.25) is 0 Å². The van der Waals surface area contributed by atoms with Crippen LogP contribution in [0.25, 0.3) is 0 Å². The molecular weight excluding hydrogens is 138 g/mol. The quantitative estimate of drug-likeness (QED) is 0.627. The molecule has 0 rings (SSSR count). The van der Waals surface area contributed by atoms with Crippen LogP contribution in [0.15, 0.2) is 0 Å². The fraction of sp³-hybridized carbons (Fsp3) is 1.00. The van der Waals surface area contributed by atoms with Crippen molar-refractivity contribution >= 4 is 8.07 Å². The van der Waals surface area contributed by atoms with Gasteiger partial charge >= 0.3 is 0 Å². The Bertz CT molecular complexity index is 85.7. The van der Waals surface area contributed by atoms with E-state index in [1.54, 1.807) is 0 Å². The minimum absolute atomic E-state index is 0.853. The minimum atomic E-state index is -0.853. The van der Waals surface area contributed by atoms with Crippen LogP contribution >= 0.6 is 0 Å². The molecule has 0 aromatic carbocycles. The number of rotatable bonds is 4. The number of hydrogen-bond donors (Lipinski definition) is 1. The lowest BCUT2D eigenvalue weighted by Gasteiger charge is -2.24. The highest BCUT2D eigenvalue weighted by Crippen LogP contribution is 2.25. The van der Waals surface area contributed by atoms with Gasteiger partial charge in [-0.1, -0.05) is 33.0 Å². The van der Waals surface area contributed by atoms with E-state index in [-0.39, 0.29) is 0 Å². The zero-order valence-corrected chi connectivity index (χ0v) is 8.78. The molecule has 62 valence electrons. The lowest BCUT2D eigenvalue weighted by atomic mass is 10.2. The average Bonchev–Trinajstić information content (AvgIpc) is 1.80. The Morgan fingerprint density at radius 3 is 2.10 bits per heavy atom. The van der Waals surface area contributed by atoms with Crippen LogP contribution in [-0.2, 0) is 0 Å². The Kier molecular flexibility index (Phi) is 4.21. The van der Waals surface area contributed by atoms with Crippen LogP contribution in [0.5, 0.6) is 0 Å². The molecule has 0 aliphatic carbocycles. The maximum absolute atomic E-state index is 5.44. The van der Waals surface area contributed by atoms with Crippen molar-refractivity contribution in [2.75, 3.05) is 6.54 Å². The van der Waals surface area contributed by atoms with Crippen molar-refractivity contribution in [3.8, 4) is 0 Å². The maximum atomic E-state index is 5.44. The normalized spacial score (nSPS) is 15.3. The fourth-order valence-electron chi connectivity index (χ4n) is 0.857. The third-order valence-corrected chi connectivity index (χ3v) is 5.57. The predicted molar refractivity (Wildman–Crippen MR) is 51.1 cm³/mol. The lowest BCUT2D eigenvalue weighted by molar-refractivity contribution is 0.708. The SMILES string of the molecule is CC(CCCN)[Si](C)(C)C. The van der Waals surface area contributed by atoms with E-state index in [0.29, 0.717) is 0 Å². The Morgan fingerprint density at radius 1 is 1.30 bits per heavy atom. The van der Waals surface area contributed by atoms with Gasteiger partial charge in [-0.15, -0.1) is 0 Å². The van der Waals surface area contributed by atoms with Gasteiger partial charge in [-0.25, -0.2) is 0 Å². The standard InChI is InChI=1S/C8H21NSi/c1-8(6-5-7-9)10(2,3)4/h8H,5-7,9H2,1-4H3. The van der Waals surface area contributed by atoms with E-state index in [1.165, 1.54) is 12.8 Å². The van der Waals surface area contributed by atoms with Crippen molar-refractivity contribution < 1.29 is 0 Å². The minimum Gasteiger partial charge on any atom is -0.330 e. The summed E-state index contributed by atoms with van der Waals surface area (Å²) in [5, 5.41) is 0. The molecule has 0 aliphatic rings. The second-order valence-electron chi connectivity index (χ2n) is 4.20. The summed E-state index contributed by atoms with van der Waals surface area (Å²) in [5.74, 6) is 0. The first kappa shape index (κ1) is 10.2. The van der Waals surface area contributed by atoms with Gasteiger partial charge in [0.15, 0.2) is 0 Å². The van der Waals surface area contributed by atoms with Gasteiger partial charge in [0.1, 0.15) is 0 Å². The summed E-state index contributed by atoms with van der Waals surface area (Å²) in [4.78, 5) is 0. The first-order valence-electron chi connectivity index (χ1n) is 4.18. The van der Waals surface area contributed by atoms with E-state index in [1.807, 2.05) is 0 Å². The molecule has 1 nitrogen and oxygen atoms in total. The van der Waals surface area contributed by atoms with E-state index in [0.717, 1.165) is 12.1 Å². The molecule has 1 atom stereocenters. The average molecular weight is 159 g/mol. The molecule has 0 aromatic heterocycles. The molecule has 1 unspecified atom stereocenters. The molecule has 0 radical (unpaired) electrons. The highest BCUT2D eigenvalue weighted by molar-refractivity contribution is 6.77. The molecular formula is C8H21NSi. The van der Waals surface area contributed by atoms with Crippen molar-refractivity contribution in [2.45, 2.75) is 44.9 Å². The largest absolute Gasteiger partial charge is 0.330 e. The van der Waals surface area contributed by atoms with Crippen LogP contribution < -0.4 is 5.73 Å². The molecule has 0 saturated carbocycles. The van der Waals surface area contributed by atoms with Gasteiger partial charge in [0.2, 0.25) is 0 Å². The van der Waals surface area contributed by atoms with Gasteiger partial charge in [-0.05, 0) is 18.5 Å². The van der Waals surface area contributed by atoms with Gasteiger partial charge < -0.3 is 5.73 Å². The van der Waals surface area contributed by atoms with E-state index >= 15 is 0 Å². The molecule has 0 bridgehead atoms. The van der Waals surface area contributed by atoms with E-state index in [9.17, 15) is 0 Å². The summed E-state index contributed by atoms with van der Waals surface area (Å²) < 4.78 is 0. The van der Waals surface area contributed by atoms with Crippen LogP contribution in [0.4, 0.5) is 0 Å². The first-order chi connectivity index (χ1) is 4.48. The van der Waals surface area contributed by atoms with Crippen LogP contribution in [0.1, 0.15) is 19.8 Å². The van der Waals surface area contributed by atoms with Crippen LogP contribution in [0.3, 0.4) is 0 Å². The van der Waals surface area contributed by atoms with Crippen molar-refractivity contribution in [2.24, 2.45) is 5.73 Å². The van der Waals surface area contributed by atoms with E-state index < -0.39 is 8.07 Å². The molecule has 0 saturated heterocycles. The van der Waals surface area contributed by atoms with Crippen LogP contribution in [0.2, 0.25) is 25.2 Å². The Hall–Kier alpha value is 0.177. The summed E-state index contributed by atoms with van der Waals surface area (Å²) in [6.45, 7) is 10.5. The van der Waals surface area contributed by atoms with Gasteiger partial charge in [0.05, 0.1) is 0 Å². The molecule has 0 fully saturated rings. The zero-order valence-electron chi connectivity index (χ0n) is 7.78. The monoisotopic (exact) mass is 159 g/mol. The first-order valence-corrected chi connectivity index (χ1v) is 7.76. The molecule has 0 aromatic rings. The molecule has 10 heavy (non-hydrogen) atoms. The summed E-state index contributed by atoms with van der Waals surface area (Å²) >= 11 is 0. The predicted octanol–water partition coefficient (Wildman–Crippen LogP) is 2.45. The van der Waals surface area contributed by atoms with Gasteiger partial charge in [0, 0.05) is 8.07 Å². The Balaban J connectivity index is 3.52. The number of nitrogens with two attached hydrogens (primary N) is 1. The van der Waals surface area contributed by atoms with Crippen molar-refractivity contribution in [1.29, 1.82) is 0 Å². The van der Waals surface area contributed by atoms with Crippen molar-refractivity contribution in [3.63, 3.8) is 0 Å². The molecule has 0 aliphatic heterocycles. The maximum Gasteiger partial charge on any atom is 0.0471 e. The highest BCUT2D eigenvalue weighted by atomic mass is 28.3. The van der Waals surface area contributed by atoms with Gasteiger partial charge in [0.25, 0.3) is 0 Å². The Labute approximate surface area is 66.0 Å². The van der Waals surface area contributed by atoms with Crippen LogP contribution in [-0.4, -0.2) is 14.6 Å². The van der Waals surface area contributed by atoms with Crippen molar-refractivity contribution in [3.05, 3.63) is 0 Å². The molecule has 0 spiro atoms. The second kappa shape index (κ2) is 4.14. The van der Waals surface area contributed by atoms with Crippen molar-refractivity contribution in [1.82, 2.24) is 0 Å². The molecule has 0 amide bonds. The third-order valence-electron chi connectivity index (χ3n) is 2.32. The summed E-state index contributed by atoms with van der Waals surface area (Å²) in [6, 6.07) is 0. The topological polar surface area (TPSA) is 26.0 Å². The highest BCUT2D eigenvalue weighted by Gasteiger charge is 2.20. The molecule has 2 heteroatoms. The van der Waals surface area contributed by atoms with E-state index in [4.69, 9.17) is 5.73 Å². The third kappa shape index (κ3) is 4.07. The lowest BCUT2D eigenvalue weighted by Crippen LogP contribution is -2.26. The summed E-state index contributed by atoms with van der Waals surface area (Å²) in [5.41, 5.74) is 6.36. The molecule has 0 heterocycles. The number of hydrogen-bond acceptors (Lipinski definition) is 1. The molecule has 2 N–H and O–H groups in total. The smallest absolute Gasteiger partial charge is 0.0471 e. The second-order valence-corrected chi connectivity index (χ2v) is 9.92. The fourth-order valence-corrected chi connectivity index (χ4v) is 1.93. The van der Waals surface area contributed by atoms with Crippen LogP contribution in [0, 0.1) is 0 Å². The summed E-state index contributed by atoms with van der Waals surface area (Å²) in [7, 11) is -0.853. The summed E-state index contributed by atoms with van der Waals surface area (Å²) in [6.07, 6.45) is 2.53. The zero-order chi connectivity index (χ0) is 8.20. The van der Waals surface area contributed by atoms with Gasteiger partial charge in [-0.2, -0.15) is 0 Å².